The van der Waals surface area contributed by atoms with Gasteiger partial charge in [0, 0.05) is 26.1 Å². The third-order valence-electron chi connectivity index (χ3n) is 10.9. The molecule has 62 heavy (non-hydrogen) atoms. The lowest BCUT2D eigenvalue weighted by Crippen LogP contribution is -2.59. The molecular weight excluding hydrogens is 811 g/mol. The van der Waals surface area contributed by atoms with Crippen LogP contribution < -0.4 is 43.8 Å². The van der Waals surface area contributed by atoms with E-state index in [0.717, 1.165) is 4.90 Å². The number of carboxylic acids is 2. The minimum Gasteiger partial charge on any atom is -0.481 e. The average Bonchev–Trinajstić information content (AvgIpc) is 3.94. The third kappa shape index (κ3) is 15.0. The number of nitrogens with one attached hydrogen (secondary N) is 5. The van der Waals surface area contributed by atoms with Gasteiger partial charge in [-0.3, -0.25) is 43.3 Å². The van der Waals surface area contributed by atoms with Crippen LogP contribution in [0.25, 0.3) is 0 Å². The number of carbonyl (C=O) groups excluding carboxylic acids is 7. The van der Waals surface area contributed by atoms with E-state index in [1.165, 1.54) is 11.8 Å². The number of carbonyl (C=O) groups is 9. The molecule has 8 atom stereocenters. The molecule has 342 valence electrons. The fraction of sp³-hybridized carbons (Fsp3) is 0.600. The number of likely N-dealkylation sites (tertiary alicyclic amines) is 2. The molecule has 1 aromatic carbocycles. The molecule has 0 spiro atoms. The molecule has 7 amide bonds. The molecular formula is C40H61N11O11. The fourth-order valence-electron chi connectivity index (χ4n) is 7.20. The van der Waals surface area contributed by atoms with Gasteiger partial charge in [0.25, 0.3) is 0 Å². The average molecular weight is 872 g/mol. The van der Waals surface area contributed by atoms with Crippen molar-refractivity contribution >= 4 is 59.2 Å². The summed E-state index contributed by atoms with van der Waals surface area (Å²) in [6.45, 7) is 4.94. The standard InChI is InChI=1S/C40H61N11O11/c1-4-22(2)32(41)36(58)46-23(3)37(59)50-17-9-14-28(50)35(57)45-21-30(52)47-25(13-8-16-44-40(42)43)33(55)48-26(19-24-11-6-5-7-12-24)34(56)49-27(20-31(53)54)38(60)51-18-10-15-29(51)39(61)62/h5-7,11-12,22-23,25-29,32H,4,8-10,13-21,41H2,1-3H3,(H,45,57)(H,46,58)(H,47,52)(H,48,55)(H,49,56)(H,53,54)(H,61,62)(H4,42,43,44)/t22-,23-,25-,26-,27-,28-,29-,32-/m0/s1. The normalized spacial score (nSPS) is 18.8. The number of benzene rings is 1. The smallest absolute Gasteiger partial charge is 0.326 e. The van der Waals surface area contributed by atoms with Gasteiger partial charge in [-0.05, 0) is 56.9 Å². The summed E-state index contributed by atoms with van der Waals surface area (Å²) in [5, 5.41) is 31.9. The van der Waals surface area contributed by atoms with Crippen molar-refractivity contribution in [1.29, 1.82) is 0 Å². The highest BCUT2D eigenvalue weighted by atomic mass is 16.4. The molecule has 0 aromatic heterocycles. The van der Waals surface area contributed by atoms with Crippen molar-refractivity contribution in [2.24, 2.45) is 28.1 Å². The van der Waals surface area contributed by atoms with Crippen molar-refractivity contribution in [1.82, 2.24) is 36.4 Å². The number of amides is 7. The van der Waals surface area contributed by atoms with E-state index in [2.05, 4.69) is 31.6 Å². The molecule has 22 heteroatoms. The lowest BCUT2D eigenvalue weighted by molar-refractivity contribution is -0.150. The predicted octanol–water partition coefficient (Wildman–Crippen LogP) is -2.73. The highest BCUT2D eigenvalue weighted by molar-refractivity contribution is 5.98. The molecule has 0 saturated carbocycles. The summed E-state index contributed by atoms with van der Waals surface area (Å²) < 4.78 is 0. The topological polar surface area (TPSA) is 351 Å². The monoisotopic (exact) mass is 871 g/mol. The summed E-state index contributed by atoms with van der Waals surface area (Å²) in [6, 6.07) is 0.0798. The maximum atomic E-state index is 13.9. The number of hydrogen-bond donors (Lipinski definition) is 10. The van der Waals surface area contributed by atoms with Crippen LogP contribution in [0.3, 0.4) is 0 Å². The Hall–Kier alpha value is -6.32. The molecule has 0 unspecified atom stereocenters. The van der Waals surface area contributed by atoms with Crippen LogP contribution in [0.2, 0.25) is 0 Å². The van der Waals surface area contributed by atoms with Gasteiger partial charge in [-0.25, -0.2) is 4.79 Å². The van der Waals surface area contributed by atoms with Crippen molar-refractivity contribution < 1.29 is 53.4 Å². The Morgan fingerprint density at radius 3 is 1.98 bits per heavy atom. The van der Waals surface area contributed by atoms with Gasteiger partial charge in [0.1, 0.15) is 36.3 Å². The number of guanidine groups is 1. The first-order valence-corrected chi connectivity index (χ1v) is 20.7. The van der Waals surface area contributed by atoms with Crippen LogP contribution in [-0.4, -0.2) is 148 Å². The molecule has 0 radical (unpaired) electrons. The van der Waals surface area contributed by atoms with Gasteiger partial charge in [0.2, 0.25) is 41.4 Å². The molecule has 2 fully saturated rings. The first-order valence-electron chi connectivity index (χ1n) is 20.7. The second kappa shape index (κ2) is 24.2. The summed E-state index contributed by atoms with van der Waals surface area (Å²) >= 11 is 0. The number of rotatable bonds is 23. The Bertz CT molecular complexity index is 1810. The van der Waals surface area contributed by atoms with Gasteiger partial charge >= 0.3 is 11.9 Å². The predicted molar refractivity (Wildman–Crippen MR) is 223 cm³/mol. The Balaban J connectivity index is 1.75. The minimum atomic E-state index is -1.67. The van der Waals surface area contributed by atoms with Gasteiger partial charge in [0.15, 0.2) is 5.96 Å². The maximum absolute atomic E-state index is 13.9. The zero-order valence-electron chi connectivity index (χ0n) is 35.3. The molecule has 2 aliphatic heterocycles. The zero-order chi connectivity index (χ0) is 46.1. The first-order chi connectivity index (χ1) is 29.3. The van der Waals surface area contributed by atoms with Gasteiger partial charge in [0.05, 0.1) is 19.0 Å². The number of hydrogen-bond acceptors (Lipinski definition) is 11. The molecule has 2 heterocycles. The van der Waals surface area contributed by atoms with E-state index in [1.54, 1.807) is 30.3 Å². The van der Waals surface area contributed by atoms with Crippen LogP contribution in [0, 0.1) is 5.92 Å². The van der Waals surface area contributed by atoms with E-state index in [-0.39, 0.29) is 57.2 Å². The zero-order valence-corrected chi connectivity index (χ0v) is 35.3. The van der Waals surface area contributed by atoms with Gasteiger partial charge in [-0.1, -0.05) is 50.6 Å². The molecule has 22 nitrogen and oxygen atoms in total. The molecule has 2 saturated heterocycles. The van der Waals surface area contributed by atoms with E-state index in [0.29, 0.717) is 31.2 Å². The second-order valence-electron chi connectivity index (χ2n) is 15.6. The van der Waals surface area contributed by atoms with Crippen molar-refractivity contribution in [3.05, 3.63) is 35.9 Å². The van der Waals surface area contributed by atoms with Crippen LogP contribution in [-0.2, 0) is 49.6 Å². The first kappa shape index (κ1) is 50.0. The minimum absolute atomic E-state index is 0.0394. The van der Waals surface area contributed by atoms with Crippen LogP contribution in [0.5, 0.6) is 0 Å². The molecule has 3 rings (SSSR count). The molecule has 1 aromatic rings. The Kier molecular flexibility index (Phi) is 19.5. The van der Waals surface area contributed by atoms with Crippen molar-refractivity contribution in [2.75, 3.05) is 26.2 Å². The Morgan fingerprint density at radius 1 is 0.790 bits per heavy atom. The van der Waals surface area contributed by atoms with Crippen molar-refractivity contribution in [3.8, 4) is 0 Å². The summed E-state index contributed by atoms with van der Waals surface area (Å²) in [4.78, 5) is 124. The number of carboxylic acid groups (broad SMARTS) is 2. The number of nitrogens with two attached hydrogens (primary N) is 3. The van der Waals surface area contributed by atoms with Crippen LogP contribution in [0.15, 0.2) is 35.3 Å². The summed E-state index contributed by atoms with van der Waals surface area (Å²) in [5.74, 6) is -8.19. The number of aliphatic carboxylic acids is 2. The van der Waals surface area contributed by atoms with Gasteiger partial charge in [-0.15, -0.1) is 0 Å². The number of nitrogens with zero attached hydrogens (tertiary/aromatic N) is 3. The summed E-state index contributed by atoms with van der Waals surface area (Å²) in [7, 11) is 0. The Morgan fingerprint density at radius 2 is 1.39 bits per heavy atom. The van der Waals surface area contributed by atoms with Crippen molar-refractivity contribution in [3.63, 3.8) is 0 Å². The molecule has 0 aliphatic carbocycles. The second-order valence-corrected chi connectivity index (χ2v) is 15.6. The SMILES string of the molecule is CC[C@H](C)[C@H](N)C(=O)N[C@@H](C)C(=O)N1CCC[C@H]1C(=O)NCC(=O)N[C@@H](CCCN=C(N)N)C(=O)N[C@@H](Cc1ccccc1)C(=O)N[C@@H](CC(=O)O)C(=O)N1CCC[C@H]1C(=O)O. The third-order valence-corrected chi connectivity index (χ3v) is 10.9. The summed E-state index contributed by atoms with van der Waals surface area (Å²) in [6.07, 6.45) is 1.06. The maximum Gasteiger partial charge on any atom is 0.326 e. The van der Waals surface area contributed by atoms with Crippen LogP contribution in [0.1, 0.15) is 77.7 Å². The van der Waals surface area contributed by atoms with E-state index < -0.39 is 109 Å². The van der Waals surface area contributed by atoms with E-state index in [9.17, 15) is 53.4 Å². The highest BCUT2D eigenvalue weighted by Crippen LogP contribution is 2.21. The van der Waals surface area contributed by atoms with Crippen LogP contribution in [0.4, 0.5) is 0 Å². The van der Waals surface area contributed by atoms with E-state index in [1.807, 2.05) is 13.8 Å². The van der Waals surface area contributed by atoms with Crippen LogP contribution >= 0.6 is 0 Å². The lowest BCUT2D eigenvalue weighted by Gasteiger charge is -2.29. The van der Waals surface area contributed by atoms with E-state index in [4.69, 9.17) is 17.2 Å². The van der Waals surface area contributed by atoms with Gasteiger partial charge in [-0.2, -0.15) is 0 Å². The summed E-state index contributed by atoms with van der Waals surface area (Å²) in [5.41, 5.74) is 17.5. The fourth-order valence-corrected chi connectivity index (χ4v) is 7.20. The highest BCUT2D eigenvalue weighted by Gasteiger charge is 2.40. The number of aliphatic imine (C=N–C) groups is 1. The molecule has 13 N–H and O–H groups in total. The molecule has 0 bridgehead atoms. The van der Waals surface area contributed by atoms with Crippen molar-refractivity contribution in [2.45, 2.75) is 121 Å². The lowest BCUT2D eigenvalue weighted by atomic mass is 9.99. The Labute approximate surface area is 359 Å². The quantitative estimate of drug-likeness (QED) is 0.0304. The van der Waals surface area contributed by atoms with E-state index >= 15 is 0 Å². The van der Waals surface area contributed by atoms with Gasteiger partial charge < -0.3 is 63.8 Å². The molecule has 2 aliphatic rings. The largest absolute Gasteiger partial charge is 0.481 e.